The van der Waals surface area contributed by atoms with Crippen LogP contribution in [0.4, 0.5) is 4.79 Å². The Morgan fingerprint density at radius 2 is 1.90 bits per heavy atom. The molecule has 0 bridgehead atoms. The third-order valence-electron chi connectivity index (χ3n) is 5.95. The van der Waals surface area contributed by atoms with Crippen molar-refractivity contribution in [1.82, 2.24) is 15.5 Å². The Morgan fingerprint density at radius 1 is 1.17 bits per heavy atom. The van der Waals surface area contributed by atoms with Gasteiger partial charge >= 0.3 is 6.03 Å². The van der Waals surface area contributed by atoms with Crippen LogP contribution >= 0.6 is 11.6 Å². The van der Waals surface area contributed by atoms with Crippen molar-refractivity contribution >= 4 is 29.4 Å². The first-order valence-electron chi connectivity index (χ1n) is 10.2. The maximum absolute atomic E-state index is 13.4. The van der Waals surface area contributed by atoms with E-state index in [1.807, 2.05) is 49.4 Å². The van der Waals surface area contributed by atoms with Gasteiger partial charge in [0.15, 0.2) is 0 Å². The number of fused-ring (bicyclic) bond motifs is 2. The van der Waals surface area contributed by atoms with Crippen LogP contribution in [0.5, 0.6) is 0 Å². The van der Waals surface area contributed by atoms with Crippen molar-refractivity contribution in [1.29, 1.82) is 0 Å². The van der Waals surface area contributed by atoms with Crippen LogP contribution in [0.2, 0.25) is 5.02 Å². The molecule has 1 saturated heterocycles. The fourth-order valence-electron chi connectivity index (χ4n) is 4.45. The molecule has 156 valence electrons. The molecule has 0 radical (unpaired) electrons. The van der Waals surface area contributed by atoms with Gasteiger partial charge in [-0.25, -0.2) is 4.79 Å². The summed E-state index contributed by atoms with van der Waals surface area (Å²) in [5, 5.41) is 6.28. The Morgan fingerprint density at radius 3 is 2.70 bits per heavy atom. The lowest BCUT2D eigenvalue weighted by Crippen LogP contribution is -2.45. The van der Waals surface area contributed by atoms with Gasteiger partial charge in [0, 0.05) is 5.02 Å². The van der Waals surface area contributed by atoms with E-state index in [2.05, 4.69) is 10.6 Å². The largest absolute Gasteiger partial charge is 0.348 e. The van der Waals surface area contributed by atoms with Gasteiger partial charge in [-0.3, -0.25) is 14.5 Å². The molecular weight excluding hydrogens is 402 g/mol. The summed E-state index contributed by atoms with van der Waals surface area (Å²) in [6, 6.07) is 14.1. The minimum atomic E-state index is -1.08. The maximum atomic E-state index is 13.4. The van der Waals surface area contributed by atoms with Gasteiger partial charge in [-0.05, 0) is 55.4 Å². The van der Waals surface area contributed by atoms with E-state index in [0.29, 0.717) is 11.4 Å². The number of aryl methyl sites for hydroxylation is 1. The van der Waals surface area contributed by atoms with Crippen molar-refractivity contribution in [2.24, 2.45) is 0 Å². The molecule has 1 aliphatic heterocycles. The number of imide groups is 1. The van der Waals surface area contributed by atoms with Gasteiger partial charge in [-0.1, -0.05) is 54.1 Å². The van der Waals surface area contributed by atoms with Gasteiger partial charge in [0.1, 0.15) is 12.1 Å². The third kappa shape index (κ3) is 3.56. The molecule has 0 aromatic heterocycles. The highest BCUT2D eigenvalue weighted by atomic mass is 35.5. The SMILES string of the molecule is CC(NC(=O)CN1C(=O)NC2(CCCCc3ccccc32)C1=O)c1ccccc1Cl. The second-order valence-electron chi connectivity index (χ2n) is 7.90. The standard InChI is InChI=1S/C23H24ClN3O3/c1-15(17-10-3-5-12-19(17)24)25-20(28)14-27-21(29)23(26-22(27)30)13-7-6-9-16-8-2-4-11-18(16)23/h2-5,8,10-12,15H,6-7,9,13-14H2,1H3,(H,25,28)(H,26,30). The summed E-state index contributed by atoms with van der Waals surface area (Å²) < 4.78 is 0. The van der Waals surface area contributed by atoms with Gasteiger partial charge in [0.2, 0.25) is 5.91 Å². The molecule has 2 atom stereocenters. The van der Waals surface area contributed by atoms with E-state index < -0.39 is 17.5 Å². The first-order valence-corrected chi connectivity index (χ1v) is 10.6. The number of halogens is 1. The van der Waals surface area contributed by atoms with Gasteiger partial charge < -0.3 is 10.6 Å². The van der Waals surface area contributed by atoms with Crippen LogP contribution in [-0.2, 0) is 21.5 Å². The summed E-state index contributed by atoms with van der Waals surface area (Å²) in [5.74, 6) is -0.771. The summed E-state index contributed by atoms with van der Waals surface area (Å²) in [5.41, 5.74) is 1.60. The number of hydrogen-bond donors (Lipinski definition) is 2. The number of carbonyl (C=O) groups is 3. The molecule has 1 heterocycles. The van der Waals surface area contributed by atoms with Crippen molar-refractivity contribution in [3.8, 4) is 0 Å². The summed E-state index contributed by atoms with van der Waals surface area (Å²) in [6.07, 6.45) is 3.18. The maximum Gasteiger partial charge on any atom is 0.325 e. The zero-order valence-corrected chi connectivity index (χ0v) is 17.5. The van der Waals surface area contributed by atoms with E-state index in [0.717, 1.165) is 40.9 Å². The molecule has 1 aliphatic carbocycles. The molecule has 6 nitrogen and oxygen atoms in total. The lowest BCUT2D eigenvalue weighted by Gasteiger charge is -2.27. The highest BCUT2D eigenvalue weighted by Gasteiger charge is 2.53. The van der Waals surface area contributed by atoms with Crippen molar-refractivity contribution in [3.05, 3.63) is 70.2 Å². The molecule has 2 aromatic rings. The van der Waals surface area contributed by atoms with Gasteiger partial charge in [0.25, 0.3) is 5.91 Å². The predicted octanol–water partition coefficient (Wildman–Crippen LogP) is 3.69. The topological polar surface area (TPSA) is 78.5 Å². The number of amides is 4. The fraction of sp³-hybridized carbons (Fsp3) is 0.348. The van der Waals surface area contributed by atoms with Crippen molar-refractivity contribution in [2.75, 3.05) is 6.54 Å². The Labute approximate surface area is 180 Å². The Kier molecular flexibility index (Phi) is 5.52. The van der Waals surface area contributed by atoms with Crippen molar-refractivity contribution in [2.45, 2.75) is 44.2 Å². The highest BCUT2D eigenvalue weighted by molar-refractivity contribution is 6.31. The second-order valence-corrected chi connectivity index (χ2v) is 8.31. The number of carbonyl (C=O) groups excluding carboxylic acids is 3. The van der Waals surface area contributed by atoms with E-state index in [1.54, 1.807) is 6.07 Å². The number of benzene rings is 2. The molecule has 4 amide bonds. The normalized spacial score (nSPS) is 21.7. The summed E-state index contributed by atoms with van der Waals surface area (Å²) in [7, 11) is 0. The zero-order valence-electron chi connectivity index (χ0n) is 16.8. The number of hydrogen-bond acceptors (Lipinski definition) is 3. The van der Waals surface area contributed by atoms with Crippen LogP contribution in [0.1, 0.15) is 48.9 Å². The second kappa shape index (κ2) is 8.11. The summed E-state index contributed by atoms with van der Waals surface area (Å²) >= 11 is 6.20. The monoisotopic (exact) mass is 425 g/mol. The summed E-state index contributed by atoms with van der Waals surface area (Å²) in [6.45, 7) is 1.48. The smallest absolute Gasteiger partial charge is 0.325 e. The molecule has 0 saturated carbocycles. The van der Waals surface area contributed by atoms with E-state index in [4.69, 9.17) is 11.6 Å². The molecule has 4 rings (SSSR count). The van der Waals surface area contributed by atoms with Gasteiger partial charge in [0.05, 0.1) is 6.04 Å². The number of urea groups is 1. The van der Waals surface area contributed by atoms with Gasteiger partial charge in [-0.15, -0.1) is 0 Å². The van der Waals surface area contributed by atoms with E-state index >= 15 is 0 Å². The molecule has 2 N–H and O–H groups in total. The van der Waals surface area contributed by atoms with E-state index in [1.165, 1.54) is 0 Å². The van der Waals surface area contributed by atoms with Crippen molar-refractivity contribution in [3.63, 3.8) is 0 Å². The Balaban J connectivity index is 1.53. The van der Waals surface area contributed by atoms with E-state index in [9.17, 15) is 14.4 Å². The van der Waals surface area contributed by atoms with Crippen LogP contribution in [-0.4, -0.2) is 29.3 Å². The number of nitrogens with one attached hydrogen (secondary N) is 2. The first-order chi connectivity index (χ1) is 14.4. The molecular formula is C23H24ClN3O3. The molecule has 30 heavy (non-hydrogen) atoms. The Bertz CT molecular complexity index is 1010. The van der Waals surface area contributed by atoms with Crippen LogP contribution in [0, 0.1) is 0 Å². The molecule has 2 unspecified atom stereocenters. The van der Waals surface area contributed by atoms with Crippen LogP contribution in [0.3, 0.4) is 0 Å². The lowest BCUT2D eigenvalue weighted by atomic mass is 9.84. The lowest BCUT2D eigenvalue weighted by molar-refractivity contribution is -0.135. The van der Waals surface area contributed by atoms with Crippen LogP contribution < -0.4 is 10.6 Å². The molecule has 7 heteroatoms. The van der Waals surface area contributed by atoms with Crippen LogP contribution in [0.25, 0.3) is 0 Å². The van der Waals surface area contributed by atoms with Crippen LogP contribution in [0.15, 0.2) is 48.5 Å². The van der Waals surface area contributed by atoms with E-state index in [-0.39, 0.29) is 18.5 Å². The van der Waals surface area contributed by atoms with Crippen molar-refractivity contribution < 1.29 is 14.4 Å². The van der Waals surface area contributed by atoms with Gasteiger partial charge in [-0.2, -0.15) is 0 Å². The average Bonchev–Trinajstić information content (AvgIpc) is 2.87. The minimum absolute atomic E-state index is 0.330. The Hall–Kier alpha value is -2.86. The average molecular weight is 426 g/mol. The minimum Gasteiger partial charge on any atom is -0.348 e. The zero-order chi connectivity index (χ0) is 21.3. The highest BCUT2D eigenvalue weighted by Crippen LogP contribution is 2.38. The quantitative estimate of drug-likeness (QED) is 0.733. The summed E-state index contributed by atoms with van der Waals surface area (Å²) in [4.78, 5) is 39.8. The third-order valence-corrected chi connectivity index (χ3v) is 6.30. The first kappa shape index (κ1) is 20.4. The molecule has 1 fully saturated rings. The fourth-order valence-corrected chi connectivity index (χ4v) is 4.75. The number of nitrogens with zero attached hydrogens (tertiary/aromatic N) is 1. The molecule has 1 spiro atoms. The number of rotatable bonds is 4. The molecule has 2 aliphatic rings. The molecule has 2 aromatic carbocycles. The predicted molar refractivity (Wildman–Crippen MR) is 114 cm³/mol.